The van der Waals surface area contributed by atoms with Gasteiger partial charge in [0.25, 0.3) is 0 Å². The van der Waals surface area contributed by atoms with Crippen LogP contribution in [0.4, 0.5) is 4.39 Å². The SMILES string of the molecule is CC(Oc1cccc(F)c1CN)C1CCCN(C)C1. The van der Waals surface area contributed by atoms with E-state index in [0.29, 0.717) is 17.2 Å². The van der Waals surface area contributed by atoms with Crippen molar-refractivity contribution in [1.29, 1.82) is 0 Å². The lowest BCUT2D eigenvalue weighted by Crippen LogP contribution is -2.39. The molecule has 1 saturated heterocycles. The second-order valence-corrected chi connectivity index (χ2v) is 5.41. The molecule has 2 N–H and O–H groups in total. The van der Waals surface area contributed by atoms with Gasteiger partial charge in [0.2, 0.25) is 0 Å². The first kappa shape index (κ1) is 14.3. The predicted octanol–water partition coefficient (Wildman–Crippen LogP) is 2.39. The van der Waals surface area contributed by atoms with Crippen LogP contribution in [0.2, 0.25) is 0 Å². The zero-order valence-electron chi connectivity index (χ0n) is 11.7. The standard InChI is InChI=1S/C15H23FN2O/c1-11(12-5-4-8-18(2)10-12)19-15-7-3-6-14(16)13(15)9-17/h3,6-7,11-12H,4-5,8-10,17H2,1-2H3. The molecule has 1 heterocycles. The summed E-state index contributed by atoms with van der Waals surface area (Å²) in [5.74, 6) is 0.795. The third-order valence-corrected chi connectivity index (χ3v) is 3.92. The van der Waals surface area contributed by atoms with Gasteiger partial charge in [-0.05, 0) is 45.5 Å². The fourth-order valence-electron chi connectivity index (χ4n) is 2.73. The molecular formula is C15H23FN2O. The number of piperidine rings is 1. The maximum Gasteiger partial charge on any atom is 0.131 e. The van der Waals surface area contributed by atoms with Crippen LogP contribution in [0.15, 0.2) is 18.2 Å². The molecule has 1 aromatic carbocycles. The molecule has 0 saturated carbocycles. The smallest absolute Gasteiger partial charge is 0.131 e. The Hall–Kier alpha value is -1.13. The molecule has 1 aromatic rings. The van der Waals surface area contributed by atoms with Gasteiger partial charge in [0.05, 0.1) is 6.10 Å². The monoisotopic (exact) mass is 266 g/mol. The van der Waals surface area contributed by atoms with Crippen LogP contribution in [0.1, 0.15) is 25.3 Å². The van der Waals surface area contributed by atoms with E-state index in [2.05, 4.69) is 18.9 Å². The Kier molecular flexibility index (Phi) is 4.77. The molecule has 2 unspecified atom stereocenters. The summed E-state index contributed by atoms with van der Waals surface area (Å²) in [5, 5.41) is 0. The summed E-state index contributed by atoms with van der Waals surface area (Å²) < 4.78 is 19.6. The van der Waals surface area contributed by atoms with E-state index in [-0.39, 0.29) is 18.5 Å². The molecule has 106 valence electrons. The normalized spacial score (nSPS) is 22.2. The average molecular weight is 266 g/mol. The molecular weight excluding hydrogens is 243 g/mol. The van der Waals surface area contributed by atoms with E-state index in [1.54, 1.807) is 12.1 Å². The van der Waals surface area contributed by atoms with Crippen LogP contribution < -0.4 is 10.5 Å². The van der Waals surface area contributed by atoms with Gasteiger partial charge in [0.1, 0.15) is 11.6 Å². The van der Waals surface area contributed by atoms with Crippen molar-refractivity contribution in [3.05, 3.63) is 29.6 Å². The van der Waals surface area contributed by atoms with Gasteiger partial charge >= 0.3 is 0 Å². The van der Waals surface area contributed by atoms with E-state index in [9.17, 15) is 4.39 Å². The van der Waals surface area contributed by atoms with Crippen molar-refractivity contribution in [2.45, 2.75) is 32.4 Å². The lowest BCUT2D eigenvalue weighted by Gasteiger charge is -2.33. The quantitative estimate of drug-likeness (QED) is 0.909. The maximum absolute atomic E-state index is 13.6. The van der Waals surface area contributed by atoms with Gasteiger partial charge in [-0.3, -0.25) is 0 Å². The van der Waals surface area contributed by atoms with E-state index >= 15 is 0 Å². The number of likely N-dealkylation sites (tertiary alicyclic amines) is 1. The second-order valence-electron chi connectivity index (χ2n) is 5.41. The van der Waals surface area contributed by atoms with Crippen molar-refractivity contribution in [2.24, 2.45) is 11.7 Å². The zero-order valence-corrected chi connectivity index (χ0v) is 11.7. The Labute approximate surface area is 114 Å². The number of rotatable bonds is 4. The molecule has 0 aliphatic carbocycles. The molecule has 0 aromatic heterocycles. The fourth-order valence-corrected chi connectivity index (χ4v) is 2.73. The highest BCUT2D eigenvalue weighted by Crippen LogP contribution is 2.26. The highest BCUT2D eigenvalue weighted by Gasteiger charge is 2.24. The molecule has 2 rings (SSSR count). The van der Waals surface area contributed by atoms with Gasteiger partial charge in [0, 0.05) is 24.6 Å². The van der Waals surface area contributed by atoms with Crippen molar-refractivity contribution in [2.75, 3.05) is 20.1 Å². The van der Waals surface area contributed by atoms with Crippen LogP contribution in [0, 0.1) is 11.7 Å². The first-order valence-corrected chi connectivity index (χ1v) is 6.94. The van der Waals surface area contributed by atoms with Gasteiger partial charge in [-0.1, -0.05) is 6.07 Å². The highest BCUT2D eigenvalue weighted by molar-refractivity contribution is 5.34. The van der Waals surface area contributed by atoms with Gasteiger partial charge in [-0.15, -0.1) is 0 Å². The lowest BCUT2D eigenvalue weighted by molar-refractivity contribution is 0.0890. The third kappa shape index (κ3) is 3.45. The molecule has 19 heavy (non-hydrogen) atoms. The van der Waals surface area contributed by atoms with Crippen molar-refractivity contribution >= 4 is 0 Å². The van der Waals surface area contributed by atoms with Crippen molar-refractivity contribution in [3.63, 3.8) is 0 Å². The van der Waals surface area contributed by atoms with E-state index < -0.39 is 0 Å². The Morgan fingerprint density at radius 3 is 3.00 bits per heavy atom. The molecule has 4 heteroatoms. The van der Waals surface area contributed by atoms with Crippen LogP contribution >= 0.6 is 0 Å². The Balaban J connectivity index is 2.06. The van der Waals surface area contributed by atoms with Gasteiger partial charge in [-0.25, -0.2) is 4.39 Å². The second kappa shape index (κ2) is 6.35. The van der Waals surface area contributed by atoms with Crippen molar-refractivity contribution in [1.82, 2.24) is 4.90 Å². The number of nitrogens with two attached hydrogens (primary N) is 1. The minimum atomic E-state index is -0.284. The Morgan fingerprint density at radius 1 is 1.53 bits per heavy atom. The molecule has 0 bridgehead atoms. The topological polar surface area (TPSA) is 38.5 Å². The van der Waals surface area contributed by atoms with Crippen LogP contribution in [0.25, 0.3) is 0 Å². The summed E-state index contributed by atoms with van der Waals surface area (Å²) in [7, 11) is 2.13. The van der Waals surface area contributed by atoms with Crippen LogP contribution in [0.3, 0.4) is 0 Å². The van der Waals surface area contributed by atoms with Crippen LogP contribution in [-0.2, 0) is 6.54 Å². The first-order valence-electron chi connectivity index (χ1n) is 6.94. The molecule has 1 fully saturated rings. The molecule has 1 aliphatic heterocycles. The summed E-state index contributed by atoms with van der Waals surface area (Å²) in [6.07, 6.45) is 2.44. The van der Waals surface area contributed by atoms with E-state index in [0.717, 1.165) is 13.1 Å². The van der Waals surface area contributed by atoms with E-state index in [1.807, 2.05) is 0 Å². The average Bonchev–Trinajstić information content (AvgIpc) is 2.39. The zero-order chi connectivity index (χ0) is 13.8. The molecule has 1 aliphatic rings. The number of halogens is 1. The lowest BCUT2D eigenvalue weighted by atomic mass is 9.93. The molecule has 3 nitrogen and oxygen atoms in total. The van der Waals surface area contributed by atoms with Gasteiger partial charge in [-0.2, -0.15) is 0 Å². The predicted molar refractivity (Wildman–Crippen MR) is 74.6 cm³/mol. The van der Waals surface area contributed by atoms with E-state index in [4.69, 9.17) is 10.5 Å². The summed E-state index contributed by atoms with van der Waals surface area (Å²) in [6.45, 7) is 4.42. The number of hydrogen-bond acceptors (Lipinski definition) is 3. The summed E-state index contributed by atoms with van der Waals surface area (Å²) in [6, 6.07) is 4.89. The minimum Gasteiger partial charge on any atom is -0.490 e. The number of ether oxygens (including phenoxy) is 1. The maximum atomic E-state index is 13.6. The number of benzene rings is 1. The Bertz CT molecular complexity index is 425. The van der Waals surface area contributed by atoms with Crippen LogP contribution in [-0.4, -0.2) is 31.1 Å². The van der Waals surface area contributed by atoms with Crippen LogP contribution in [0.5, 0.6) is 5.75 Å². The van der Waals surface area contributed by atoms with Gasteiger partial charge < -0.3 is 15.4 Å². The van der Waals surface area contributed by atoms with Gasteiger partial charge in [0.15, 0.2) is 0 Å². The van der Waals surface area contributed by atoms with E-state index in [1.165, 1.54) is 18.9 Å². The summed E-state index contributed by atoms with van der Waals surface area (Å²) >= 11 is 0. The number of hydrogen-bond donors (Lipinski definition) is 1. The third-order valence-electron chi connectivity index (χ3n) is 3.92. The Morgan fingerprint density at radius 2 is 2.32 bits per heavy atom. The largest absolute Gasteiger partial charge is 0.490 e. The minimum absolute atomic E-state index is 0.0786. The summed E-state index contributed by atoms with van der Waals surface area (Å²) in [5.41, 5.74) is 6.07. The first-order chi connectivity index (χ1) is 9.11. The summed E-state index contributed by atoms with van der Waals surface area (Å²) in [4.78, 5) is 2.32. The van der Waals surface area contributed by atoms with Crippen molar-refractivity contribution < 1.29 is 9.13 Å². The molecule has 0 spiro atoms. The number of nitrogens with zero attached hydrogens (tertiary/aromatic N) is 1. The molecule has 0 amide bonds. The van der Waals surface area contributed by atoms with Crippen molar-refractivity contribution in [3.8, 4) is 5.75 Å². The highest BCUT2D eigenvalue weighted by atomic mass is 19.1. The molecule has 2 atom stereocenters. The molecule has 0 radical (unpaired) electrons. The fraction of sp³-hybridized carbons (Fsp3) is 0.600.